The number of carbonyl (C=O) groups is 1. The fourth-order valence-electron chi connectivity index (χ4n) is 4.42. The van der Waals surface area contributed by atoms with Gasteiger partial charge in [-0.3, -0.25) is 9.69 Å². The van der Waals surface area contributed by atoms with Crippen molar-refractivity contribution in [3.8, 4) is 5.69 Å². The van der Waals surface area contributed by atoms with Crippen molar-refractivity contribution in [3.05, 3.63) is 83.9 Å². The number of hydrogen-bond acceptors (Lipinski definition) is 4. The third-order valence-electron chi connectivity index (χ3n) is 5.79. The lowest BCUT2D eigenvalue weighted by Crippen LogP contribution is -2.33. The van der Waals surface area contributed by atoms with E-state index in [1.807, 2.05) is 6.07 Å². The molecule has 1 aromatic heterocycles. The minimum absolute atomic E-state index is 0.0734. The van der Waals surface area contributed by atoms with Crippen LogP contribution in [0, 0.1) is 0 Å². The summed E-state index contributed by atoms with van der Waals surface area (Å²) in [6.07, 6.45) is 5.17. The Morgan fingerprint density at radius 1 is 1.13 bits per heavy atom. The molecule has 7 heteroatoms. The highest BCUT2D eigenvalue weighted by atomic mass is 35.5. The van der Waals surface area contributed by atoms with Crippen LogP contribution in [-0.2, 0) is 4.79 Å². The van der Waals surface area contributed by atoms with Crippen LogP contribution in [0.4, 0.5) is 5.69 Å². The molecule has 0 saturated carbocycles. The van der Waals surface area contributed by atoms with Crippen molar-refractivity contribution < 1.29 is 4.79 Å². The van der Waals surface area contributed by atoms with E-state index in [1.54, 1.807) is 23.1 Å². The number of aromatic nitrogens is 3. The third kappa shape index (κ3) is 4.04. The summed E-state index contributed by atoms with van der Waals surface area (Å²) in [5.41, 5.74) is 2.63. The van der Waals surface area contributed by atoms with E-state index in [2.05, 4.69) is 62.8 Å². The van der Waals surface area contributed by atoms with Gasteiger partial charge < -0.3 is 5.32 Å². The van der Waals surface area contributed by atoms with Crippen molar-refractivity contribution in [1.29, 1.82) is 0 Å². The van der Waals surface area contributed by atoms with Gasteiger partial charge in [0.05, 0.1) is 17.9 Å². The predicted octanol–water partition coefficient (Wildman–Crippen LogP) is 4.85. The van der Waals surface area contributed by atoms with Crippen molar-refractivity contribution in [2.24, 2.45) is 0 Å². The molecular weight excluding hydrogens is 410 g/mol. The van der Waals surface area contributed by atoms with E-state index in [-0.39, 0.29) is 11.9 Å². The molecule has 0 radical (unpaired) electrons. The first kappa shape index (κ1) is 19.7. The smallest absolute Gasteiger partial charge is 0.238 e. The lowest BCUT2D eigenvalue weighted by molar-refractivity contribution is -0.117. The highest BCUT2D eigenvalue weighted by molar-refractivity contribution is 6.31. The molecule has 6 nitrogen and oxygen atoms in total. The molecule has 1 N–H and O–H groups in total. The van der Waals surface area contributed by atoms with Crippen LogP contribution in [-0.4, -0.2) is 38.7 Å². The van der Waals surface area contributed by atoms with Gasteiger partial charge in [-0.15, -0.1) is 0 Å². The number of benzene rings is 3. The van der Waals surface area contributed by atoms with Gasteiger partial charge in [-0.1, -0.05) is 54.1 Å². The van der Waals surface area contributed by atoms with Gasteiger partial charge in [0.1, 0.15) is 12.7 Å². The van der Waals surface area contributed by atoms with Crippen LogP contribution in [0.3, 0.4) is 0 Å². The fourth-order valence-corrected chi connectivity index (χ4v) is 4.60. The van der Waals surface area contributed by atoms with E-state index in [9.17, 15) is 4.79 Å². The number of nitrogens with zero attached hydrogens (tertiary/aromatic N) is 4. The molecule has 1 amide bonds. The molecule has 31 heavy (non-hydrogen) atoms. The van der Waals surface area contributed by atoms with Gasteiger partial charge in [0.25, 0.3) is 0 Å². The van der Waals surface area contributed by atoms with Crippen LogP contribution >= 0.6 is 11.6 Å². The summed E-state index contributed by atoms with van der Waals surface area (Å²) in [7, 11) is 0. The molecule has 156 valence electrons. The quantitative estimate of drug-likeness (QED) is 0.490. The molecule has 1 aliphatic rings. The summed E-state index contributed by atoms with van der Waals surface area (Å²) >= 11 is 6.18. The third-order valence-corrected chi connectivity index (χ3v) is 6.03. The molecule has 0 aliphatic carbocycles. The monoisotopic (exact) mass is 431 g/mol. The zero-order valence-electron chi connectivity index (χ0n) is 16.9. The Morgan fingerprint density at radius 3 is 2.87 bits per heavy atom. The highest BCUT2D eigenvalue weighted by Crippen LogP contribution is 2.35. The van der Waals surface area contributed by atoms with Gasteiger partial charge in [-0.05, 0) is 53.9 Å². The highest BCUT2D eigenvalue weighted by Gasteiger charge is 2.28. The fraction of sp³-hybridized carbons (Fsp3) is 0.208. The average molecular weight is 432 g/mol. The predicted molar refractivity (Wildman–Crippen MR) is 122 cm³/mol. The summed E-state index contributed by atoms with van der Waals surface area (Å²) in [4.78, 5) is 19.3. The van der Waals surface area contributed by atoms with Gasteiger partial charge in [0.2, 0.25) is 5.91 Å². The minimum atomic E-state index is -0.0734. The Morgan fingerprint density at radius 2 is 2.00 bits per heavy atom. The molecule has 1 fully saturated rings. The van der Waals surface area contributed by atoms with Crippen LogP contribution in [0.25, 0.3) is 16.5 Å². The van der Waals surface area contributed by atoms with E-state index in [1.165, 1.54) is 22.7 Å². The molecule has 0 bridgehead atoms. The molecule has 5 rings (SSSR count). The molecule has 0 spiro atoms. The number of hydrogen-bond donors (Lipinski definition) is 1. The Bertz CT molecular complexity index is 1220. The second-order valence-electron chi connectivity index (χ2n) is 7.75. The number of anilines is 1. The van der Waals surface area contributed by atoms with Crippen molar-refractivity contribution in [2.45, 2.75) is 18.9 Å². The molecular formula is C24H22ClN5O. The Hall–Kier alpha value is -3.22. The van der Waals surface area contributed by atoms with E-state index in [0.717, 1.165) is 25.1 Å². The first-order valence-electron chi connectivity index (χ1n) is 10.4. The summed E-state index contributed by atoms with van der Waals surface area (Å²) in [5, 5.41) is 10.2. The van der Waals surface area contributed by atoms with Gasteiger partial charge in [-0.2, -0.15) is 5.10 Å². The normalized spacial score (nSPS) is 16.6. The number of likely N-dealkylation sites (tertiary alicyclic amines) is 1. The standard InChI is InChI=1S/C24H22ClN5O/c25-18-10-11-23(30-16-26-15-27-30)21(13-18)28-24(31)14-29-12-4-9-22(29)20-8-3-6-17-5-1-2-7-19(17)20/h1-3,5-8,10-11,13,15-16,22H,4,9,12,14H2,(H,28,31). The Balaban J connectivity index is 1.37. The number of halogens is 1. The molecule has 3 aromatic carbocycles. The molecule has 4 aromatic rings. The summed E-state index contributed by atoms with van der Waals surface area (Å²) < 4.78 is 1.61. The lowest BCUT2D eigenvalue weighted by atomic mass is 9.97. The maximum atomic E-state index is 13.0. The molecule has 1 saturated heterocycles. The zero-order chi connectivity index (χ0) is 21.2. The van der Waals surface area contributed by atoms with Crippen molar-refractivity contribution >= 4 is 34.0 Å². The van der Waals surface area contributed by atoms with E-state index < -0.39 is 0 Å². The van der Waals surface area contributed by atoms with Crippen LogP contribution in [0.1, 0.15) is 24.4 Å². The molecule has 1 atom stereocenters. The summed E-state index contributed by atoms with van der Waals surface area (Å²) in [6, 6.07) is 20.4. The Labute approximate surface area is 185 Å². The van der Waals surface area contributed by atoms with Gasteiger partial charge >= 0.3 is 0 Å². The van der Waals surface area contributed by atoms with Crippen LogP contribution in [0.15, 0.2) is 73.3 Å². The van der Waals surface area contributed by atoms with E-state index in [0.29, 0.717) is 17.3 Å². The number of rotatable bonds is 5. The van der Waals surface area contributed by atoms with Crippen molar-refractivity contribution in [1.82, 2.24) is 19.7 Å². The van der Waals surface area contributed by atoms with Crippen molar-refractivity contribution in [2.75, 3.05) is 18.4 Å². The van der Waals surface area contributed by atoms with Gasteiger partial charge in [0, 0.05) is 11.1 Å². The number of carbonyl (C=O) groups excluding carboxylic acids is 1. The van der Waals surface area contributed by atoms with Gasteiger partial charge in [0.15, 0.2) is 0 Å². The van der Waals surface area contributed by atoms with Crippen molar-refractivity contribution in [3.63, 3.8) is 0 Å². The van der Waals surface area contributed by atoms with Crippen LogP contribution in [0.2, 0.25) is 5.02 Å². The maximum Gasteiger partial charge on any atom is 0.238 e. The van der Waals surface area contributed by atoms with Gasteiger partial charge in [-0.25, -0.2) is 9.67 Å². The van der Waals surface area contributed by atoms with Crippen LogP contribution in [0.5, 0.6) is 0 Å². The second kappa shape index (κ2) is 8.49. The number of fused-ring (bicyclic) bond motifs is 1. The lowest BCUT2D eigenvalue weighted by Gasteiger charge is -2.25. The SMILES string of the molecule is O=C(CN1CCCC1c1cccc2ccccc12)Nc1cc(Cl)ccc1-n1cncn1. The van der Waals surface area contributed by atoms with E-state index in [4.69, 9.17) is 11.6 Å². The molecule has 2 heterocycles. The van der Waals surface area contributed by atoms with E-state index >= 15 is 0 Å². The maximum absolute atomic E-state index is 13.0. The minimum Gasteiger partial charge on any atom is -0.323 e. The number of nitrogens with one attached hydrogen (secondary N) is 1. The topological polar surface area (TPSA) is 63.1 Å². The summed E-state index contributed by atoms with van der Waals surface area (Å²) in [5.74, 6) is -0.0734. The Kier molecular flexibility index (Phi) is 5.40. The second-order valence-corrected chi connectivity index (χ2v) is 8.18. The molecule has 1 unspecified atom stereocenters. The largest absolute Gasteiger partial charge is 0.323 e. The summed E-state index contributed by atoms with van der Waals surface area (Å²) in [6.45, 7) is 1.21. The zero-order valence-corrected chi connectivity index (χ0v) is 17.7. The average Bonchev–Trinajstić information content (AvgIpc) is 3.46. The van der Waals surface area contributed by atoms with Crippen LogP contribution < -0.4 is 5.32 Å². The number of amides is 1. The molecule has 1 aliphatic heterocycles. The first-order valence-corrected chi connectivity index (χ1v) is 10.7. The first-order chi connectivity index (χ1) is 15.2.